The highest BCUT2D eigenvalue weighted by molar-refractivity contribution is 6.01. The van der Waals surface area contributed by atoms with Crippen molar-refractivity contribution in [2.75, 3.05) is 26.2 Å². The predicted octanol–water partition coefficient (Wildman–Crippen LogP) is -3.41. The van der Waals surface area contributed by atoms with Gasteiger partial charge in [-0.15, -0.1) is 0 Å². The standard InChI is InChI=1S/C58H91N13O20/c1-29(2)18-13-11-9-8-10-12-14-21-39(72)63-36(26-44(79)80)51(83)69-48-33(7)62-52(84)38-20-17-23-71(38)56(88)45(30(3)4)67-55(87)47(32(6)59)66-41(74)28-61-49(81)34(24-42(75)76)64-40(73)27-60-50(82)35(25-43(77)78)65-54(86)46(31(5)58(90)91)68-53(85)37-19-15-16-22-70(37)57(48)89/h12,14,29-38,45-48H,8-11,13,15-28,59H2,1-7H3,(H,60,82)(H,61,81)(H,62,84)(H,63,72)(H,64,73)(H,65,86)(H,66,74)(H,67,87)(H,68,85)(H,69,83)(H,75,76)(H,77,78)(H,79,80)(H,90,91). The molecule has 0 saturated carbocycles. The number of allylic oxidation sites excluding steroid dienone is 1. The van der Waals surface area contributed by atoms with Crippen LogP contribution in [-0.2, 0) is 76.7 Å². The van der Waals surface area contributed by atoms with Gasteiger partial charge in [0, 0.05) is 25.6 Å². The molecule has 0 aliphatic carbocycles. The quantitative estimate of drug-likeness (QED) is 0.0371. The Balaban J connectivity index is 2.17. The summed E-state index contributed by atoms with van der Waals surface area (Å²) in [7, 11) is 0. The molecule has 12 atom stereocenters. The lowest BCUT2D eigenvalue weighted by Gasteiger charge is -2.39. The fourth-order valence-corrected chi connectivity index (χ4v) is 10.4. The van der Waals surface area contributed by atoms with Crippen LogP contribution in [0, 0.1) is 17.8 Å². The summed E-state index contributed by atoms with van der Waals surface area (Å²) in [5.41, 5.74) is 6.11. The smallest absolute Gasteiger partial charge is 0.308 e. The van der Waals surface area contributed by atoms with Crippen molar-refractivity contribution in [3.05, 3.63) is 12.2 Å². The fraction of sp³-hybridized carbons (Fsp3) is 0.690. The van der Waals surface area contributed by atoms with Crippen molar-refractivity contribution < 1.29 is 97.1 Å². The van der Waals surface area contributed by atoms with Gasteiger partial charge in [-0.25, -0.2) is 0 Å². The molecule has 3 saturated heterocycles. The maximum absolute atomic E-state index is 15.2. The number of nitrogens with one attached hydrogen (secondary N) is 10. The lowest BCUT2D eigenvalue weighted by Crippen LogP contribution is -2.66. The molecule has 508 valence electrons. The zero-order valence-corrected chi connectivity index (χ0v) is 52.5. The van der Waals surface area contributed by atoms with Gasteiger partial charge in [0.1, 0.15) is 54.4 Å². The molecule has 0 spiro atoms. The summed E-state index contributed by atoms with van der Waals surface area (Å²) in [6.45, 7) is 8.65. The molecule has 91 heavy (non-hydrogen) atoms. The molecule has 33 heteroatoms. The van der Waals surface area contributed by atoms with E-state index in [2.05, 4.69) is 56.4 Å². The molecule has 0 bridgehead atoms. The molecule has 0 radical (unpaired) electrons. The van der Waals surface area contributed by atoms with Crippen LogP contribution >= 0.6 is 0 Å². The molecular weight excluding hydrogens is 1200 g/mol. The number of fused-ring (bicyclic) bond motifs is 2. The van der Waals surface area contributed by atoms with E-state index in [0.717, 1.165) is 48.8 Å². The number of amides is 12. The molecule has 16 N–H and O–H groups in total. The third-order valence-corrected chi connectivity index (χ3v) is 15.5. The van der Waals surface area contributed by atoms with Crippen LogP contribution in [0.15, 0.2) is 12.2 Å². The van der Waals surface area contributed by atoms with E-state index in [0.29, 0.717) is 12.3 Å². The van der Waals surface area contributed by atoms with Gasteiger partial charge in [-0.05, 0) is 77.6 Å². The monoisotopic (exact) mass is 1290 g/mol. The van der Waals surface area contributed by atoms with Crippen molar-refractivity contribution in [1.29, 1.82) is 0 Å². The first-order valence-electron chi connectivity index (χ1n) is 30.6. The van der Waals surface area contributed by atoms with E-state index in [1.165, 1.54) is 13.8 Å². The Hall–Kier alpha value is -8.78. The number of rotatable bonds is 22. The van der Waals surface area contributed by atoms with Crippen LogP contribution in [-0.4, -0.2) is 218 Å². The second kappa shape index (κ2) is 37.4. The number of carbonyl (C=O) groups excluding carboxylic acids is 12. The number of nitrogens with zero attached hydrogens (tertiary/aromatic N) is 2. The van der Waals surface area contributed by atoms with Crippen LogP contribution in [0.4, 0.5) is 0 Å². The first kappa shape index (κ1) is 76.5. The molecule has 0 aromatic rings. The fourth-order valence-electron chi connectivity index (χ4n) is 10.4. The second-order valence-electron chi connectivity index (χ2n) is 23.9. The minimum absolute atomic E-state index is 0.0222. The normalized spacial score (nSPS) is 25.3. The van der Waals surface area contributed by atoms with Crippen molar-refractivity contribution in [3.63, 3.8) is 0 Å². The summed E-state index contributed by atoms with van der Waals surface area (Å²) in [5, 5.41) is 62.2. The summed E-state index contributed by atoms with van der Waals surface area (Å²) in [6.07, 6.45) is 6.00. The molecule has 0 aromatic carbocycles. The summed E-state index contributed by atoms with van der Waals surface area (Å²) < 4.78 is 0. The van der Waals surface area contributed by atoms with E-state index in [4.69, 9.17) is 5.73 Å². The molecule has 12 amide bonds. The largest absolute Gasteiger partial charge is 0.481 e. The summed E-state index contributed by atoms with van der Waals surface area (Å²) in [4.78, 5) is 218. The van der Waals surface area contributed by atoms with Crippen LogP contribution < -0.4 is 58.9 Å². The summed E-state index contributed by atoms with van der Waals surface area (Å²) in [6, 6.07) is -18.5. The molecule has 33 nitrogen and oxygen atoms in total. The van der Waals surface area contributed by atoms with Crippen LogP contribution in [0.1, 0.15) is 145 Å². The molecule has 3 fully saturated rings. The average molecular weight is 1290 g/mol. The minimum atomic E-state index is -2.15. The van der Waals surface area contributed by atoms with Crippen molar-refractivity contribution in [2.24, 2.45) is 23.5 Å². The van der Waals surface area contributed by atoms with Crippen LogP contribution in [0.2, 0.25) is 0 Å². The van der Waals surface area contributed by atoms with E-state index < -0.39 is 205 Å². The van der Waals surface area contributed by atoms with Crippen molar-refractivity contribution in [1.82, 2.24) is 63.0 Å². The average Bonchev–Trinajstić information content (AvgIpc) is 1.87. The maximum Gasteiger partial charge on any atom is 0.308 e. The van der Waals surface area contributed by atoms with E-state index in [1.54, 1.807) is 26.0 Å². The third-order valence-electron chi connectivity index (χ3n) is 15.5. The van der Waals surface area contributed by atoms with Crippen molar-refractivity contribution in [3.8, 4) is 0 Å². The van der Waals surface area contributed by atoms with E-state index in [1.807, 2.05) is 10.6 Å². The predicted molar refractivity (Wildman–Crippen MR) is 320 cm³/mol. The first-order chi connectivity index (χ1) is 42.7. The third kappa shape index (κ3) is 25.2. The van der Waals surface area contributed by atoms with Crippen LogP contribution in [0.3, 0.4) is 0 Å². The van der Waals surface area contributed by atoms with Crippen molar-refractivity contribution >= 4 is 94.8 Å². The van der Waals surface area contributed by atoms with Crippen molar-refractivity contribution in [2.45, 2.75) is 211 Å². The summed E-state index contributed by atoms with van der Waals surface area (Å²) in [5.74, 6) is -21.9. The van der Waals surface area contributed by atoms with Gasteiger partial charge in [-0.1, -0.05) is 65.5 Å². The Kier molecular flexibility index (Phi) is 31.4. The van der Waals surface area contributed by atoms with Gasteiger partial charge in [-0.2, -0.15) is 0 Å². The number of aliphatic carboxylic acids is 4. The van der Waals surface area contributed by atoms with E-state index in [-0.39, 0.29) is 51.6 Å². The molecule has 3 aliphatic heterocycles. The summed E-state index contributed by atoms with van der Waals surface area (Å²) >= 11 is 0. The number of unbranched alkanes of at least 4 members (excludes halogenated alkanes) is 4. The first-order valence-corrected chi connectivity index (χ1v) is 30.6. The van der Waals surface area contributed by atoms with E-state index >= 15 is 4.79 Å². The van der Waals surface area contributed by atoms with Crippen LogP contribution in [0.5, 0.6) is 0 Å². The van der Waals surface area contributed by atoms with Gasteiger partial charge in [0.05, 0.1) is 44.3 Å². The van der Waals surface area contributed by atoms with Gasteiger partial charge < -0.3 is 89.1 Å². The molecule has 3 aliphatic rings. The van der Waals surface area contributed by atoms with Gasteiger partial charge >= 0.3 is 23.9 Å². The number of hydrogen-bond acceptors (Lipinski definition) is 17. The Morgan fingerprint density at radius 1 is 0.582 bits per heavy atom. The molecular formula is C58H91N13O20. The van der Waals surface area contributed by atoms with Gasteiger partial charge in [0.25, 0.3) is 0 Å². The molecule has 12 unspecified atom stereocenters. The number of carboxylic acids is 4. The highest BCUT2D eigenvalue weighted by Gasteiger charge is 2.45. The number of nitrogens with two attached hydrogens (primary N) is 1. The lowest BCUT2D eigenvalue weighted by atomic mass is 9.96. The molecule has 0 aromatic heterocycles. The Bertz CT molecular complexity index is 2710. The minimum Gasteiger partial charge on any atom is -0.481 e. The van der Waals surface area contributed by atoms with Gasteiger partial charge in [0.15, 0.2) is 0 Å². The zero-order chi connectivity index (χ0) is 68.4. The zero-order valence-electron chi connectivity index (χ0n) is 52.5. The Morgan fingerprint density at radius 2 is 1.11 bits per heavy atom. The highest BCUT2D eigenvalue weighted by atomic mass is 16.4. The van der Waals surface area contributed by atoms with E-state index in [9.17, 15) is 92.3 Å². The van der Waals surface area contributed by atoms with Gasteiger partial charge in [0.2, 0.25) is 70.9 Å². The Labute approximate surface area is 526 Å². The number of carbonyl (C=O) groups is 16. The topological polar surface area (TPSA) is 507 Å². The maximum atomic E-state index is 15.2. The lowest BCUT2D eigenvalue weighted by molar-refractivity contribution is -0.150. The second-order valence-corrected chi connectivity index (χ2v) is 23.9. The number of hydrogen-bond donors (Lipinski definition) is 15. The highest BCUT2D eigenvalue weighted by Crippen LogP contribution is 2.24. The molecule has 3 heterocycles. The Morgan fingerprint density at radius 3 is 1.67 bits per heavy atom. The van der Waals surface area contributed by atoms with Gasteiger partial charge in [-0.3, -0.25) is 76.7 Å². The number of carboxylic acid groups (broad SMARTS) is 4. The molecule has 3 rings (SSSR count). The van der Waals surface area contributed by atoms with Crippen LogP contribution in [0.25, 0.3) is 0 Å². The SMILES string of the molecule is CC(C)CCCCCCC=CCC(=O)NC(CC(=O)O)C(=O)NC1C(=O)N2CCCCC2C(=O)NC(C(C)C(=O)O)C(=O)NC(CC(=O)O)C(=O)NCC(=O)NC(CC(=O)O)C(=O)NCC(=O)NC(C(C)N)C(=O)NC(C(C)C)C(=O)N2CCCC2C(=O)NC1C. The number of piperidine rings is 1.